The van der Waals surface area contributed by atoms with Crippen molar-refractivity contribution in [2.45, 2.75) is 17.9 Å². The Labute approximate surface area is 157 Å². The zero-order valence-electron chi connectivity index (χ0n) is 14.5. The molecule has 0 spiro atoms. The van der Waals surface area contributed by atoms with Gasteiger partial charge >= 0.3 is 0 Å². The van der Waals surface area contributed by atoms with E-state index in [2.05, 4.69) is 16.9 Å². The van der Waals surface area contributed by atoms with Gasteiger partial charge in [-0.25, -0.2) is 13.1 Å². The molecule has 0 aliphatic rings. The molecule has 1 aromatic heterocycles. The van der Waals surface area contributed by atoms with Gasteiger partial charge in [0.1, 0.15) is 0 Å². The van der Waals surface area contributed by atoms with Crippen LogP contribution in [0.2, 0.25) is 0 Å². The average molecular weight is 399 g/mol. The topological polar surface area (TPSA) is 66.5 Å². The fourth-order valence-corrected chi connectivity index (χ4v) is 4.13. The highest BCUT2D eigenvalue weighted by Gasteiger charge is 2.15. The maximum atomic E-state index is 12.5. The number of carbonyl (C=O) groups excluding carboxylic acids is 1. The molecule has 0 aliphatic carbocycles. The van der Waals surface area contributed by atoms with E-state index in [1.54, 1.807) is 29.8 Å². The fourth-order valence-electron chi connectivity index (χ4n) is 2.25. The number of sulfonamides is 1. The van der Waals surface area contributed by atoms with Gasteiger partial charge in [0.2, 0.25) is 10.0 Å². The lowest BCUT2D eigenvalue weighted by molar-refractivity contribution is 0.0790. The van der Waals surface area contributed by atoms with Gasteiger partial charge in [0.25, 0.3) is 5.91 Å². The zero-order chi connectivity index (χ0) is 18.4. The largest absolute Gasteiger partial charge is 0.337 e. The molecule has 0 bridgehead atoms. The predicted octanol–water partition coefficient (Wildman–Crippen LogP) is 2.83. The number of benzene rings is 1. The fraction of sp³-hybridized carbons (Fsp3) is 0.353. The van der Waals surface area contributed by atoms with Gasteiger partial charge < -0.3 is 4.90 Å². The minimum atomic E-state index is -3.18. The quantitative estimate of drug-likeness (QED) is 0.695. The molecule has 1 aromatic carbocycles. The molecule has 2 rings (SSSR count). The van der Waals surface area contributed by atoms with Crippen LogP contribution in [0.1, 0.15) is 20.1 Å². The van der Waals surface area contributed by atoms with Crippen molar-refractivity contribution in [2.24, 2.45) is 0 Å². The SMILES string of the molecule is CSc1ccc(CN(C)C(=O)c2ccc(CCNS(C)(=O)=O)s2)cc1. The van der Waals surface area contributed by atoms with E-state index in [-0.39, 0.29) is 5.91 Å². The van der Waals surface area contributed by atoms with Crippen molar-refractivity contribution >= 4 is 39.0 Å². The molecule has 8 heteroatoms. The maximum absolute atomic E-state index is 12.5. The van der Waals surface area contributed by atoms with Crippen molar-refractivity contribution in [3.05, 3.63) is 51.7 Å². The number of carbonyl (C=O) groups is 1. The molecule has 0 saturated heterocycles. The van der Waals surface area contributed by atoms with Crippen molar-refractivity contribution in [3.8, 4) is 0 Å². The Morgan fingerprint density at radius 2 is 1.88 bits per heavy atom. The summed E-state index contributed by atoms with van der Waals surface area (Å²) >= 11 is 3.10. The van der Waals surface area contributed by atoms with Crippen molar-refractivity contribution in [1.29, 1.82) is 0 Å². The maximum Gasteiger partial charge on any atom is 0.263 e. The van der Waals surface area contributed by atoms with Gasteiger partial charge in [-0.1, -0.05) is 12.1 Å². The molecule has 0 unspecified atom stereocenters. The minimum Gasteiger partial charge on any atom is -0.337 e. The van der Waals surface area contributed by atoms with Crippen LogP contribution in [-0.4, -0.2) is 45.3 Å². The summed E-state index contributed by atoms with van der Waals surface area (Å²) in [6.45, 7) is 0.890. The Balaban J connectivity index is 1.92. The van der Waals surface area contributed by atoms with Crippen molar-refractivity contribution in [1.82, 2.24) is 9.62 Å². The van der Waals surface area contributed by atoms with E-state index in [0.717, 1.165) is 16.7 Å². The zero-order valence-corrected chi connectivity index (χ0v) is 16.9. The molecule has 0 fully saturated rings. The number of nitrogens with one attached hydrogen (secondary N) is 1. The first-order chi connectivity index (χ1) is 11.8. The third-order valence-corrected chi connectivity index (χ3v) is 6.14. The molecule has 1 amide bonds. The number of hydrogen-bond donors (Lipinski definition) is 1. The molecule has 2 aromatic rings. The third-order valence-electron chi connectivity index (χ3n) is 3.53. The molecule has 1 heterocycles. The number of hydrogen-bond acceptors (Lipinski definition) is 5. The smallest absolute Gasteiger partial charge is 0.263 e. The van der Waals surface area contributed by atoms with E-state index in [9.17, 15) is 13.2 Å². The Morgan fingerprint density at radius 3 is 2.48 bits per heavy atom. The summed E-state index contributed by atoms with van der Waals surface area (Å²) in [5.41, 5.74) is 1.09. The van der Waals surface area contributed by atoms with Gasteiger partial charge in [0, 0.05) is 29.9 Å². The molecule has 5 nitrogen and oxygen atoms in total. The lowest BCUT2D eigenvalue weighted by Gasteiger charge is -2.16. The Hall–Kier alpha value is -1.35. The summed E-state index contributed by atoms with van der Waals surface area (Å²) in [6, 6.07) is 11.9. The molecule has 0 radical (unpaired) electrons. The first-order valence-electron chi connectivity index (χ1n) is 7.70. The van der Waals surface area contributed by atoms with Gasteiger partial charge in [-0.2, -0.15) is 0 Å². The van der Waals surface area contributed by atoms with Crippen LogP contribution < -0.4 is 4.72 Å². The minimum absolute atomic E-state index is 0.0266. The number of rotatable bonds is 8. The molecule has 1 N–H and O–H groups in total. The van der Waals surface area contributed by atoms with Crippen molar-refractivity contribution < 1.29 is 13.2 Å². The van der Waals surface area contributed by atoms with Crippen molar-refractivity contribution in [2.75, 3.05) is 26.1 Å². The molecule has 136 valence electrons. The molecule has 0 atom stereocenters. The highest BCUT2D eigenvalue weighted by Crippen LogP contribution is 2.20. The number of thioether (sulfide) groups is 1. The molecule has 0 saturated carbocycles. The first kappa shape index (κ1) is 20.0. The summed E-state index contributed by atoms with van der Waals surface area (Å²) in [7, 11) is -1.39. The molecule has 25 heavy (non-hydrogen) atoms. The van der Waals surface area contributed by atoms with Crippen LogP contribution in [0.5, 0.6) is 0 Å². The van der Waals surface area contributed by atoms with Gasteiger partial charge in [0.15, 0.2) is 0 Å². The van der Waals surface area contributed by atoms with Gasteiger partial charge in [-0.15, -0.1) is 23.1 Å². The van der Waals surface area contributed by atoms with E-state index >= 15 is 0 Å². The van der Waals surface area contributed by atoms with Crippen molar-refractivity contribution in [3.63, 3.8) is 0 Å². The van der Waals surface area contributed by atoms with E-state index in [4.69, 9.17) is 0 Å². The van der Waals surface area contributed by atoms with Gasteiger partial charge in [0.05, 0.1) is 11.1 Å². The van der Waals surface area contributed by atoms with Crippen LogP contribution in [0.4, 0.5) is 0 Å². The molecular weight excluding hydrogens is 376 g/mol. The highest BCUT2D eigenvalue weighted by atomic mass is 32.2. The van der Waals surface area contributed by atoms with Gasteiger partial charge in [-0.3, -0.25) is 4.79 Å². The second-order valence-corrected chi connectivity index (χ2v) is 9.57. The highest BCUT2D eigenvalue weighted by molar-refractivity contribution is 7.98. The van der Waals surface area contributed by atoms with E-state index < -0.39 is 10.0 Å². The second kappa shape index (κ2) is 8.84. The van der Waals surface area contributed by atoms with E-state index in [0.29, 0.717) is 24.4 Å². The molecule has 0 aliphatic heterocycles. The summed E-state index contributed by atoms with van der Waals surface area (Å²) in [4.78, 5) is 17.1. The summed E-state index contributed by atoms with van der Waals surface area (Å²) in [6.07, 6.45) is 3.74. The Kier molecular flexibility index (Phi) is 7.06. The predicted molar refractivity (Wildman–Crippen MR) is 105 cm³/mol. The number of thiophene rings is 1. The van der Waals surface area contributed by atoms with Crippen LogP contribution >= 0.6 is 23.1 Å². The number of amides is 1. The van der Waals surface area contributed by atoms with E-state index in [1.165, 1.54) is 16.2 Å². The summed E-state index contributed by atoms with van der Waals surface area (Å²) in [5.74, 6) is -0.0266. The average Bonchev–Trinajstić information content (AvgIpc) is 3.02. The van der Waals surface area contributed by atoms with E-state index in [1.807, 2.05) is 24.5 Å². The second-order valence-electron chi connectivity index (χ2n) is 5.69. The van der Waals surface area contributed by atoms with Crippen LogP contribution in [0, 0.1) is 0 Å². The first-order valence-corrected chi connectivity index (χ1v) is 11.6. The normalized spacial score (nSPS) is 11.5. The monoisotopic (exact) mass is 398 g/mol. The third kappa shape index (κ3) is 6.47. The van der Waals surface area contributed by atoms with Crippen LogP contribution in [-0.2, 0) is 23.0 Å². The Bertz CT molecular complexity index is 814. The van der Waals surface area contributed by atoms with Crippen LogP contribution in [0.25, 0.3) is 0 Å². The Morgan fingerprint density at radius 1 is 1.20 bits per heavy atom. The van der Waals surface area contributed by atoms with Crippen LogP contribution in [0.3, 0.4) is 0 Å². The van der Waals surface area contributed by atoms with Crippen LogP contribution in [0.15, 0.2) is 41.3 Å². The van der Waals surface area contributed by atoms with Gasteiger partial charge in [-0.05, 0) is 42.5 Å². The summed E-state index contributed by atoms with van der Waals surface area (Å²) < 4.78 is 24.6. The lowest BCUT2D eigenvalue weighted by atomic mass is 10.2. The molecular formula is C17H22N2O3S3. The number of nitrogens with zero attached hydrogens (tertiary/aromatic N) is 1. The standard InChI is InChI=1S/C17H22N2O3S3/c1-19(12-13-4-6-14(23-2)7-5-13)17(20)16-9-8-15(24-16)10-11-18-25(3,21)22/h4-9,18H,10-12H2,1-3H3. The lowest BCUT2D eigenvalue weighted by Crippen LogP contribution is -2.25. The summed E-state index contributed by atoms with van der Waals surface area (Å²) in [5, 5.41) is 0.